The van der Waals surface area contributed by atoms with Crippen molar-refractivity contribution in [1.29, 1.82) is 0 Å². The van der Waals surface area contributed by atoms with E-state index in [-0.39, 0.29) is 11.5 Å². The molecule has 2 amide bonds. The van der Waals surface area contributed by atoms with Crippen molar-refractivity contribution in [2.75, 3.05) is 10.6 Å². The van der Waals surface area contributed by atoms with Gasteiger partial charge in [-0.2, -0.15) is 0 Å². The lowest BCUT2D eigenvalue weighted by atomic mass is 10.2. The highest BCUT2D eigenvalue weighted by Crippen LogP contribution is 2.14. The zero-order valence-electron chi connectivity index (χ0n) is 11.6. The van der Waals surface area contributed by atoms with E-state index in [1.807, 2.05) is 0 Å². The quantitative estimate of drug-likeness (QED) is 0.790. The number of nitrogens with one attached hydrogen (secondary N) is 3. The van der Waals surface area contributed by atoms with E-state index in [0.717, 1.165) is 0 Å². The maximum absolute atomic E-state index is 12.0. The number of rotatable bonds is 3. The van der Waals surface area contributed by atoms with Gasteiger partial charge in [-0.15, -0.1) is 0 Å². The van der Waals surface area contributed by atoms with Crippen LogP contribution in [0.25, 0.3) is 0 Å². The van der Waals surface area contributed by atoms with E-state index >= 15 is 0 Å². The van der Waals surface area contributed by atoms with Gasteiger partial charge in [0.15, 0.2) is 0 Å². The lowest BCUT2D eigenvalue weighted by Gasteiger charge is -2.06. The van der Waals surface area contributed by atoms with Gasteiger partial charge in [0.25, 0.3) is 11.5 Å². The number of aromatic amines is 1. The first-order valence-corrected chi connectivity index (χ1v) is 6.20. The molecule has 108 valence electrons. The average Bonchev–Trinajstić information content (AvgIpc) is 2.40. The molecule has 0 fully saturated rings. The summed E-state index contributed by atoms with van der Waals surface area (Å²) in [6.45, 7) is 3.04. The number of amides is 2. The fourth-order valence-electron chi connectivity index (χ4n) is 1.68. The van der Waals surface area contributed by atoms with Crippen LogP contribution in [0.15, 0.2) is 35.3 Å². The Bertz CT molecular complexity index is 735. The number of aryl methyl sites for hydroxylation is 1. The maximum atomic E-state index is 12.0. The second-order valence-corrected chi connectivity index (χ2v) is 4.42. The van der Waals surface area contributed by atoms with Crippen LogP contribution in [0.3, 0.4) is 0 Å². The van der Waals surface area contributed by atoms with Gasteiger partial charge < -0.3 is 15.6 Å². The Morgan fingerprint density at radius 2 is 1.67 bits per heavy atom. The molecule has 1 aromatic carbocycles. The van der Waals surface area contributed by atoms with Crippen LogP contribution in [0.2, 0.25) is 0 Å². The predicted octanol–water partition coefficient (Wildman–Crippen LogP) is 1.29. The number of nitrogens with zero attached hydrogens (tertiary/aromatic N) is 1. The summed E-state index contributed by atoms with van der Waals surface area (Å²) in [5, 5.41) is 5.20. The minimum Gasteiger partial charge on any atom is -0.326 e. The number of H-pyrrole nitrogens is 1. The summed E-state index contributed by atoms with van der Waals surface area (Å²) in [7, 11) is 0. The van der Waals surface area contributed by atoms with Crippen LogP contribution in [0.1, 0.15) is 23.1 Å². The summed E-state index contributed by atoms with van der Waals surface area (Å²) in [6.07, 6.45) is 1.23. The second kappa shape index (κ2) is 6.00. The number of hydrogen-bond acceptors (Lipinski definition) is 4. The Morgan fingerprint density at radius 3 is 2.19 bits per heavy atom. The monoisotopic (exact) mass is 286 g/mol. The molecule has 0 bridgehead atoms. The van der Waals surface area contributed by atoms with Gasteiger partial charge in [-0.25, -0.2) is 4.98 Å². The van der Waals surface area contributed by atoms with E-state index in [4.69, 9.17) is 0 Å². The van der Waals surface area contributed by atoms with Crippen LogP contribution in [0.4, 0.5) is 11.4 Å². The van der Waals surface area contributed by atoms with Gasteiger partial charge in [-0.3, -0.25) is 14.4 Å². The highest BCUT2D eigenvalue weighted by Gasteiger charge is 2.11. The summed E-state index contributed by atoms with van der Waals surface area (Å²) >= 11 is 0. The molecule has 0 radical (unpaired) electrons. The molecular formula is C14H14N4O3. The average molecular weight is 286 g/mol. The van der Waals surface area contributed by atoms with E-state index in [9.17, 15) is 14.4 Å². The highest BCUT2D eigenvalue weighted by atomic mass is 16.2. The van der Waals surface area contributed by atoms with Crippen molar-refractivity contribution in [2.24, 2.45) is 0 Å². The number of benzene rings is 1. The van der Waals surface area contributed by atoms with Crippen molar-refractivity contribution >= 4 is 23.2 Å². The van der Waals surface area contributed by atoms with Crippen molar-refractivity contribution in [2.45, 2.75) is 13.8 Å². The molecule has 1 heterocycles. The van der Waals surface area contributed by atoms with E-state index in [1.54, 1.807) is 31.2 Å². The molecule has 0 saturated carbocycles. The number of hydrogen-bond donors (Lipinski definition) is 3. The third-order valence-corrected chi connectivity index (χ3v) is 2.63. The number of aromatic nitrogens is 2. The lowest BCUT2D eigenvalue weighted by Crippen LogP contribution is -2.24. The molecule has 3 N–H and O–H groups in total. The van der Waals surface area contributed by atoms with Gasteiger partial charge in [0.05, 0.1) is 0 Å². The van der Waals surface area contributed by atoms with Crippen LogP contribution in [0, 0.1) is 6.92 Å². The van der Waals surface area contributed by atoms with Crippen molar-refractivity contribution < 1.29 is 9.59 Å². The highest BCUT2D eigenvalue weighted by molar-refractivity contribution is 6.03. The molecule has 0 saturated heterocycles. The largest absolute Gasteiger partial charge is 0.326 e. The standard InChI is InChI=1S/C14H14N4O3/c1-8-15-7-12(13(20)16-8)14(21)18-11-5-3-10(4-6-11)17-9(2)19/h3-7H,1-2H3,(H,17,19)(H,18,21)(H,15,16,20). The van der Waals surface area contributed by atoms with Crippen LogP contribution < -0.4 is 16.2 Å². The van der Waals surface area contributed by atoms with Crippen LogP contribution >= 0.6 is 0 Å². The smallest absolute Gasteiger partial charge is 0.263 e. The summed E-state index contributed by atoms with van der Waals surface area (Å²) in [5.41, 5.74) is 0.575. The van der Waals surface area contributed by atoms with Gasteiger partial charge >= 0.3 is 0 Å². The fraction of sp³-hybridized carbons (Fsp3) is 0.143. The van der Waals surface area contributed by atoms with Crippen LogP contribution in [-0.4, -0.2) is 21.8 Å². The zero-order chi connectivity index (χ0) is 15.4. The third-order valence-electron chi connectivity index (χ3n) is 2.63. The van der Waals surface area contributed by atoms with Crippen molar-refractivity contribution in [3.05, 3.63) is 52.2 Å². The Kier molecular flexibility index (Phi) is 4.13. The van der Waals surface area contributed by atoms with Crippen molar-refractivity contribution in [3.63, 3.8) is 0 Å². The SMILES string of the molecule is CC(=O)Nc1ccc(NC(=O)c2cnc(C)[nH]c2=O)cc1. The molecule has 0 atom stereocenters. The molecule has 0 aliphatic heterocycles. The number of carbonyl (C=O) groups is 2. The molecule has 0 aliphatic rings. The maximum Gasteiger partial charge on any atom is 0.263 e. The van der Waals surface area contributed by atoms with Gasteiger partial charge in [0.1, 0.15) is 11.4 Å². The van der Waals surface area contributed by atoms with Crippen molar-refractivity contribution in [3.8, 4) is 0 Å². The van der Waals surface area contributed by atoms with E-state index < -0.39 is 11.5 Å². The first-order chi connectivity index (χ1) is 9.95. The van der Waals surface area contributed by atoms with Crippen LogP contribution in [-0.2, 0) is 4.79 Å². The Hall–Kier alpha value is -2.96. The number of anilines is 2. The third kappa shape index (κ3) is 3.75. The lowest BCUT2D eigenvalue weighted by molar-refractivity contribution is -0.114. The molecule has 0 spiro atoms. The van der Waals surface area contributed by atoms with E-state index in [1.165, 1.54) is 13.1 Å². The Labute approximate surface area is 120 Å². The van der Waals surface area contributed by atoms with Crippen LogP contribution in [0.5, 0.6) is 0 Å². The Morgan fingerprint density at radius 1 is 1.10 bits per heavy atom. The molecule has 7 nitrogen and oxygen atoms in total. The molecule has 7 heteroatoms. The topological polar surface area (TPSA) is 104 Å². The van der Waals surface area contributed by atoms with Crippen molar-refractivity contribution in [1.82, 2.24) is 9.97 Å². The normalized spacial score (nSPS) is 10.0. The predicted molar refractivity (Wildman–Crippen MR) is 78.3 cm³/mol. The molecule has 1 aromatic heterocycles. The van der Waals surface area contributed by atoms with Gasteiger partial charge in [-0.1, -0.05) is 0 Å². The van der Waals surface area contributed by atoms with Gasteiger partial charge in [0, 0.05) is 24.5 Å². The zero-order valence-corrected chi connectivity index (χ0v) is 11.6. The first kappa shape index (κ1) is 14.4. The van der Waals surface area contributed by atoms with E-state index in [2.05, 4.69) is 20.6 Å². The second-order valence-electron chi connectivity index (χ2n) is 4.42. The van der Waals surface area contributed by atoms with Gasteiger partial charge in [0.2, 0.25) is 5.91 Å². The molecule has 0 aliphatic carbocycles. The Balaban J connectivity index is 2.12. The molecular weight excluding hydrogens is 272 g/mol. The summed E-state index contributed by atoms with van der Waals surface area (Å²) in [4.78, 5) is 40.9. The fourth-order valence-corrected chi connectivity index (χ4v) is 1.68. The molecule has 2 rings (SSSR count). The summed E-state index contributed by atoms with van der Waals surface area (Å²) in [6, 6.07) is 6.54. The number of carbonyl (C=O) groups excluding carboxylic acids is 2. The minimum atomic E-state index is -0.545. The minimum absolute atomic E-state index is 0.0634. The first-order valence-electron chi connectivity index (χ1n) is 6.20. The molecule has 0 unspecified atom stereocenters. The molecule has 21 heavy (non-hydrogen) atoms. The summed E-state index contributed by atoms with van der Waals surface area (Å²) < 4.78 is 0. The summed E-state index contributed by atoms with van der Waals surface area (Å²) in [5.74, 6) is -0.281. The van der Waals surface area contributed by atoms with E-state index in [0.29, 0.717) is 17.2 Å². The molecule has 2 aromatic rings. The van der Waals surface area contributed by atoms with Gasteiger partial charge in [-0.05, 0) is 31.2 Å².